The Kier molecular flexibility index (Phi) is 5.62. The van der Waals surface area contributed by atoms with E-state index in [1.165, 1.54) is 11.3 Å². The molecule has 1 rings (SSSR count). The number of rotatable bonds is 6. The number of carbonyl (C=O) groups is 1. The van der Waals surface area contributed by atoms with Gasteiger partial charge in [0.15, 0.2) is 0 Å². The van der Waals surface area contributed by atoms with E-state index >= 15 is 0 Å². The molecule has 17 heavy (non-hydrogen) atoms. The zero-order valence-electron chi connectivity index (χ0n) is 10.1. The highest BCUT2D eigenvalue weighted by Crippen LogP contribution is 2.25. The Labute approximate surface area is 114 Å². The molecule has 1 amide bonds. The van der Waals surface area contributed by atoms with E-state index in [4.69, 9.17) is 0 Å². The molecule has 0 radical (unpaired) electrons. The fraction of sp³-hybridized carbons (Fsp3) is 0.583. The molecule has 1 aromatic rings. The van der Waals surface area contributed by atoms with E-state index < -0.39 is 0 Å². The van der Waals surface area contributed by atoms with Crippen LogP contribution in [0, 0.1) is 5.41 Å². The molecular formula is C12H18BrNO2S. The van der Waals surface area contributed by atoms with Crippen molar-refractivity contribution in [1.82, 2.24) is 5.32 Å². The second-order valence-corrected chi connectivity index (χ2v) is 6.61. The highest BCUT2D eigenvalue weighted by molar-refractivity contribution is 9.11. The molecular weight excluding hydrogens is 302 g/mol. The molecule has 0 saturated carbocycles. The smallest absolute Gasteiger partial charge is 0.261 e. The van der Waals surface area contributed by atoms with Crippen LogP contribution in [-0.4, -0.2) is 24.2 Å². The van der Waals surface area contributed by atoms with Gasteiger partial charge in [-0.1, -0.05) is 13.8 Å². The topological polar surface area (TPSA) is 49.3 Å². The molecule has 0 unspecified atom stereocenters. The molecule has 1 aromatic heterocycles. The van der Waals surface area contributed by atoms with E-state index in [9.17, 15) is 9.90 Å². The molecule has 1 heterocycles. The minimum absolute atomic E-state index is 0.0691. The summed E-state index contributed by atoms with van der Waals surface area (Å²) >= 11 is 4.74. The minimum Gasteiger partial charge on any atom is -0.396 e. The summed E-state index contributed by atoms with van der Waals surface area (Å²) in [6.07, 6.45) is 1.71. The van der Waals surface area contributed by atoms with Gasteiger partial charge in [-0.2, -0.15) is 0 Å². The Balaban J connectivity index is 2.58. The van der Waals surface area contributed by atoms with Gasteiger partial charge in [0.1, 0.15) is 0 Å². The first-order valence-corrected chi connectivity index (χ1v) is 7.32. The Bertz CT molecular complexity index is 366. The van der Waals surface area contributed by atoms with Crippen molar-refractivity contribution in [2.45, 2.75) is 26.7 Å². The monoisotopic (exact) mass is 319 g/mol. The quantitative estimate of drug-likeness (QED) is 0.846. The lowest BCUT2D eigenvalue weighted by molar-refractivity contribution is 0.0854. The van der Waals surface area contributed by atoms with Gasteiger partial charge in [-0.05, 0) is 40.9 Å². The molecule has 2 N–H and O–H groups in total. The van der Waals surface area contributed by atoms with Gasteiger partial charge in [-0.3, -0.25) is 4.79 Å². The van der Waals surface area contributed by atoms with Gasteiger partial charge in [-0.25, -0.2) is 0 Å². The summed E-state index contributed by atoms with van der Waals surface area (Å²) in [4.78, 5) is 12.5. The first-order valence-electron chi connectivity index (χ1n) is 5.71. The van der Waals surface area contributed by atoms with E-state index in [1.54, 1.807) is 6.07 Å². The van der Waals surface area contributed by atoms with Crippen molar-refractivity contribution in [2.75, 3.05) is 13.2 Å². The Morgan fingerprint density at radius 1 is 1.47 bits per heavy atom. The summed E-state index contributed by atoms with van der Waals surface area (Å²) in [6.45, 7) is 4.69. The van der Waals surface area contributed by atoms with Gasteiger partial charge in [0, 0.05) is 12.0 Å². The fourth-order valence-corrected chi connectivity index (χ4v) is 2.87. The van der Waals surface area contributed by atoms with Crippen molar-refractivity contribution in [3.63, 3.8) is 0 Å². The summed E-state index contributed by atoms with van der Waals surface area (Å²) in [5.74, 6) is -0.0691. The van der Waals surface area contributed by atoms with Crippen molar-refractivity contribution < 1.29 is 9.90 Å². The Morgan fingerprint density at radius 2 is 2.12 bits per heavy atom. The number of nitrogens with one attached hydrogen (secondary N) is 1. The minimum atomic E-state index is -0.190. The predicted molar refractivity (Wildman–Crippen MR) is 74.5 cm³/mol. The molecule has 5 heteroatoms. The number of amides is 1. The van der Waals surface area contributed by atoms with Crippen LogP contribution in [0.3, 0.4) is 0 Å². The zero-order valence-corrected chi connectivity index (χ0v) is 12.5. The average Bonchev–Trinajstić information content (AvgIpc) is 2.78. The summed E-state index contributed by atoms with van der Waals surface area (Å²) in [5.41, 5.74) is -0.190. The van der Waals surface area contributed by atoms with Crippen LogP contribution in [0.25, 0.3) is 0 Å². The molecule has 0 aliphatic carbocycles. The number of aliphatic hydroxyl groups is 1. The van der Waals surface area contributed by atoms with E-state index in [0.29, 0.717) is 11.4 Å². The third kappa shape index (κ3) is 3.79. The summed E-state index contributed by atoms with van der Waals surface area (Å²) in [5, 5.41) is 12.3. The van der Waals surface area contributed by atoms with Crippen LogP contribution in [0.4, 0.5) is 0 Å². The van der Waals surface area contributed by atoms with Crippen molar-refractivity contribution in [3.05, 3.63) is 20.8 Å². The predicted octanol–water partition coefficient (Wildman–Crippen LogP) is 3.04. The SMILES string of the molecule is CCC(CC)(CO)CNC(=O)c1ccc(Br)s1. The maximum atomic E-state index is 11.8. The molecule has 0 spiro atoms. The largest absolute Gasteiger partial charge is 0.396 e. The number of hydrogen-bond donors (Lipinski definition) is 2. The van der Waals surface area contributed by atoms with Crippen molar-refractivity contribution in [1.29, 1.82) is 0 Å². The van der Waals surface area contributed by atoms with Gasteiger partial charge in [0.2, 0.25) is 0 Å². The first kappa shape index (κ1) is 14.7. The molecule has 0 saturated heterocycles. The highest BCUT2D eigenvalue weighted by Gasteiger charge is 2.26. The van der Waals surface area contributed by atoms with Crippen LogP contribution in [0.15, 0.2) is 15.9 Å². The van der Waals surface area contributed by atoms with Gasteiger partial charge in [0.05, 0.1) is 15.3 Å². The van der Waals surface area contributed by atoms with E-state index in [0.717, 1.165) is 16.6 Å². The van der Waals surface area contributed by atoms with Crippen LogP contribution in [0.1, 0.15) is 36.4 Å². The third-order valence-corrected chi connectivity index (χ3v) is 4.88. The molecule has 96 valence electrons. The van der Waals surface area contributed by atoms with Crippen LogP contribution in [-0.2, 0) is 0 Å². The standard InChI is InChI=1S/C12H18BrNO2S/c1-3-12(4-2,8-15)7-14-11(16)9-5-6-10(13)17-9/h5-6,15H,3-4,7-8H2,1-2H3,(H,14,16). The van der Waals surface area contributed by atoms with Crippen molar-refractivity contribution in [3.8, 4) is 0 Å². The Morgan fingerprint density at radius 3 is 2.53 bits per heavy atom. The Hall–Kier alpha value is -0.390. The summed E-state index contributed by atoms with van der Waals surface area (Å²) in [7, 11) is 0. The molecule has 0 aliphatic heterocycles. The molecule has 0 fully saturated rings. The van der Waals surface area contributed by atoms with Crippen LogP contribution in [0.2, 0.25) is 0 Å². The lowest BCUT2D eigenvalue weighted by atomic mass is 9.83. The number of halogens is 1. The molecule has 0 atom stereocenters. The number of carbonyl (C=O) groups excluding carboxylic acids is 1. The van der Waals surface area contributed by atoms with Gasteiger partial charge in [0.25, 0.3) is 5.91 Å². The maximum Gasteiger partial charge on any atom is 0.261 e. The van der Waals surface area contributed by atoms with E-state index in [1.807, 2.05) is 19.9 Å². The zero-order chi connectivity index (χ0) is 12.9. The number of hydrogen-bond acceptors (Lipinski definition) is 3. The second kappa shape index (κ2) is 6.52. The number of thiophene rings is 1. The molecule has 0 bridgehead atoms. The molecule has 0 aromatic carbocycles. The third-order valence-electron chi connectivity index (χ3n) is 3.26. The molecule has 0 aliphatic rings. The lowest BCUT2D eigenvalue weighted by Gasteiger charge is -2.29. The maximum absolute atomic E-state index is 11.8. The van der Waals surface area contributed by atoms with Gasteiger partial charge < -0.3 is 10.4 Å². The van der Waals surface area contributed by atoms with Gasteiger partial charge >= 0.3 is 0 Å². The summed E-state index contributed by atoms with van der Waals surface area (Å²) in [6, 6.07) is 3.65. The lowest BCUT2D eigenvalue weighted by Crippen LogP contribution is -2.39. The first-order chi connectivity index (χ1) is 8.06. The summed E-state index contributed by atoms with van der Waals surface area (Å²) < 4.78 is 0.946. The van der Waals surface area contributed by atoms with Crippen LogP contribution >= 0.6 is 27.3 Å². The van der Waals surface area contributed by atoms with E-state index in [-0.39, 0.29) is 17.9 Å². The second-order valence-electron chi connectivity index (χ2n) is 4.15. The average molecular weight is 320 g/mol. The van der Waals surface area contributed by atoms with Gasteiger partial charge in [-0.15, -0.1) is 11.3 Å². The van der Waals surface area contributed by atoms with Crippen molar-refractivity contribution in [2.24, 2.45) is 5.41 Å². The normalized spacial score (nSPS) is 11.5. The molecule has 3 nitrogen and oxygen atoms in total. The van der Waals surface area contributed by atoms with E-state index in [2.05, 4.69) is 21.2 Å². The van der Waals surface area contributed by atoms with Crippen LogP contribution in [0.5, 0.6) is 0 Å². The number of aliphatic hydroxyl groups excluding tert-OH is 1. The van der Waals surface area contributed by atoms with Crippen LogP contribution < -0.4 is 5.32 Å². The fourth-order valence-electron chi connectivity index (χ4n) is 1.57. The van der Waals surface area contributed by atoms with Crippen molar-refractivity contribution >= 4 is 33.2 Å². The highest BCUT2D eigenvalue weighted by atomic mass is 79.9.